The first-order valence-corrected chi connectivity index (χ1v) is 7.46. The van der Waals surface area contributed by atoms with Gasteiger partial charge in [0.25, 0.3) is 0 Å². The summed E-state index contributed by atoms with van der Waals surface area (Å²) in [6, 6.07) is 10.8. The average Bonchev–Trinajstić information content (AvgIpc) is 2.79. The van der Waals surface area contributed by atoms with Gasteiger partial charge in [0.2, 0.25) is 5.96 Å². The van der Waals surface area contributed by atoms with Crippen LogP contribution in [0.1, 0.15) is 5.56 Å². The lowest BCUT2D eigenvalue weighted by Crippen LogP contribution is -2.21. The van der Waals surface area contributed by atoms with Crippen LogP contribution < -0.4 is 5.73 Å². The van der Waals surface area contributed by atoms with Gasteiger partial charge in [-0.05, 0) is 42.1 Å². The predicted molar refractivity (Wildman–Crippen MR) is 82.0 cm³/mol. The third kappa shape index (κ3) is 2.26. The Morgan fingerprint density at radius 3 is 2.65 bits per heavy atom. The van der Waals surface area contributed by atoms with Crippen LogP contribution in [0.15, 0.2) is 57.5 Å². The molecule has 4 nitrogen and oxygen atoms in total. The number of alkyl halides is 3. The SMILES string of the molecule is NC1=Nc2cc(C(F)(F)F)ccc2Sc2nc3ccccc3n21. The number of benzene rings is 2. The molecular formula is C15H9F3N4S. The van der Waals surface area contributed by atoms with E-state index in [9.17, 15) is 13.2 Å². The van der Waals surface area contributed by atoms with Gasteiger partial charge < -0.3 is 5.73 Å². The zero-order chi connectivity index (χ0) is 16.2. The number of aliphatic imine (C=N–C) groups is 1. The van der Waals surface area contributed by atoms with E-state index in [-0.39, 0.29) is 11.6 Å². The lowest BCUT2D eigenvalue weighted by molar-refractivity contribution is -0.137. The molecule has 0 radical (unpaired) electrons. The molecule has 0 fully saturated rings. The largest absolute Gasteiger partial charge is 0.416 e. The third-order valence-corrected chi connectivity index (χ3v) is 4.50. The summed E-state index contributed by atoms with van der Waals surface area (Å²) in [5.41, 5.74) is 6.97. The number of aromatic nitrogens is 2. The minimum absolute atomic E-state index is 0.0966. The molecule has 3 aromatic rings. The maximum Gasteiger partial charge on any atom is 0.416 e. The molecule has 0 saturated heterocycles. The van der Waals surface area contributed by atoms with Crippen molar-refractivity contribution in [1.29, 1.82) is 0 Å². The van der Waals surface area contributed by atoms with Crippen molar-refractivity contribution < 1.29 is 13.2 Å². The monoisotopic (exact) mass is 334 g/mol. The predicted octanol–water partition coefficient (Wildman–Crippen LogP) is 4.01. The Bertz CT molecular complexity index is 959. The highest BCUT2D eigenvalue weighted by molar-refractivity contribution is 7.99. The Balaban J connectivity index is 1.93. The summed E-state index contributed by atoms with van der Waals surface area (Å²) in [6.07, 6.45) is -4.42. The van der Waals surface area contributed by atoms with E-state index >= 15 is 0 Å². The van der Waals surface area contributed by atoms with E-state index in [0.717, 1.165) is 23.2 Å². The molecule has 1 aromatic heterocycles. The van der Waals surface area contributed by atoms with Gasteiger partial charge in [-0.15, -0.1) is 0 Å². The number of imidazole rings is 1. The van der Waals surface area contributed by atoms with E-state index in [1.54, 1.807) is 4.57 Å². The quantitative estimate of drug-likeness (QED) is 0.676. The second-order valence-electron chi connectivity index (χ2n) is 4.97. The molecule has 4 rings (SSSR count). The fraction of sp³-hybridized carbons (Fsp3) is 0.0667. The molecule has 0 saturated carbocycles. The number of para-hydroxylation sites is 2. The van der Waals surface area contributed by atoms with Crippen molar-refractivity contribution in [1.82, 2.24) is 9.55 Å². The van der Waals surface area contributed by atoms with Crippen molar-refractivity contribution >= 4 is 34.4 Å². The number of fused-ring (bicyclic) bond motifs is 4. The van der Waals surface area contributed by atoms with Gasteiger partial charge in [0, 0.05) is 4.90 Å². The second-order valence-corrected chi connectivity index (χ2v) is 5.98. The van der Waals surface area contributed by atoms with Crippen molar-refractivity contribution in [3.05, 3.63) is 48.0 Å². The summed E-state index contributed by atoms with van der Waals surface area (Å²) >= 11 is 1.24. The summed E-state index contributed by atoms with van der Waals surface area (Å²) in [6.45, 7) is 0. The number of halogens is 3. The van der Waals surface area contributed by atoms with E-state index in [2.05, 4.69) is 9.98 Å². The van der Waals surface area contributed by atoms with Gasteiger partial charge in [0.05, 0.1) is 22.3 Å². The molecule has 2 heterocycles. The molecular weight excluding hydrogens is 325 g/mol. The van der Waals surface area contributed by atoms with Crippen LogP contribution in [0.3, 0.4) is 0 Å². The van der Waals surface area contributed by atoms with Crippen LogP contribution in [-0.4, -0.2) is 15.5 Å². The third-order valence-electron chi connectivity index (χ3n) is 3.48. The van der Waals surface area contributed by atoms with Crippen molar-refractivity contribution in [2.45, 2.75) is 16.2 Å². The number of nitrogens with zero attached hydrogens (tertiary/aromatic N) is 3. The van der Waals surface area contributed by atoms with Gasteiger partial charge in [-0.25, -0.2) is 9.98 Å². The zero-order valence-electron chi connectivity index (χ0n) is 11.5. The molecule has 0 amide bonds. The summed E-state index contributed by atoms with van der Waals surface area (Å²) in [5, 5.41) is 0.575. The molecule has 23 heavy (non-hydrogen) atoms. The van der Waals surface area contributed by atoms with E-state index in [0.29, 0.717) is 10.1 Å². The van der Waals surface area contributed by atoms with Crippen LogP contribution >= 0.6 is 11.8 Å². The highest BCUT2D eigenvalue weighted by Gasteiger charge is 2.31. The van der Waals surface area contributed by atoms with Crippen LogP contribution in [0.4, 0.5) is 18.9 Å². The van der Waals surface area contributed by atoms with Gasteiger partial charge in [0.1, 0.15) is 0 Å². The maximum atomic E-state index is 12.9. The molecule has 0 aliphatic carbocycles. The van der Waals surface area contributed by atoms with Crippen molar-refractivity contribution in [2.24, 2.45) is 10.7 Å². The molecule has 1 aliphatic rings. The summed E-state index contributed by atoms with van der Waals surface area (Å²) in [4.78, 5) is 9.23. The van der Waals surface area contributed by atoms with Gasteiger partial charge in [-0.1, -0.05) is 12.1 Å². The maximum absolute atomic E-state index is 12.9. The molecule has 8 heteroatoms. The lowest BCUT2D eigenvalue weighted by Gasteiger charge is -2.08. The number of rotatable bonds is 0. The first-order valence-electron chi connectivity index (χ1n) is 6.64. The molecule has 116 valence electrons. The molecule has 0 unspecified atom stereocenters. The van der Waals surface area contributed by atoms with Crippen LogP contribution in [0.2, 0.25) is 0 Å². The van der Waals surface area contributed by atoms with Crippen molar-refractivity contribution in [2.75, 3.05) is 0 Å². The molecule has 2 N–H and O–H groups in total. The lowest BCUT2D eigenvalue weighted by atomic mass is 10.2. The topological polar surface area (TPSA) is 56.2 Å². The van der Waals surface area contributed by atoms with Gasteiger partial charge >= 0.3 is 6.18 Å². The highest BCUT2D eigenvalue weighted by atomic mass is 32.2. The van der Waals surface area contributed by atoms with Crippen molar-refractivity contribution in [3.8, 4) is 0 Å². The molecule has 0 atom stereocenters. The average molecular weight is 334 g/mol. The Morgan fingerprint density at radius 1 is 1.09 bits per heavy atom. The van der Waals surface area contributed by atoms with Crippen LogP contribution in [-0.2, 0) is 6.18 Å². The molecule has 0 bridgehead atoms. The summed E-state index contributed by atoms with van der Waals surface area (Å²) in [7, 11) is 0. The first kappa shape index (κ1) is 14.1. The van der Waals surface area contributed by atoms with Crippen LogP contribution in [0, 0.1) is 0 Å². The normalized spacial score (nSPS) is 14.1. The zero-order valence-corrected chi connectivity index (χ0v) is 12.3. The Labute approximate surface area is 132 Å². The second kappa shape index (κ2) is 4.76. The first-order chi connectivity index (χ1) is 10.9. The van der Waals surface area contributed by atoms with Crippen molar-refractivity contribution in [3.63, 3.8) is 0 Å². The van der Waals surface area contributed by atoms with E-state index in [4.69, 9.17) is 5.73 Å². The minimum Gasteiger partial charge on any atom is -0.369 e. The minimum atomic E-state index is -4.42. The van der Waals surface area contributed by atoms with E-state index < -0.39 is 11.7 Å². The van der Waals surface area contributed by atoms with Gasteiger partial charge in [-0.3, -0.25) is 4.57 Å². The smallest absolute Gasteiger partial charge is 0.369 e. The summed E-state index contributed by atoms with van der Waals surface area (Å²) < 4.78 is 40.2. The highest BCUT2D eigenvalue weighted by Crippen LogP contribution is 2.41. The Hall–Kier alpha value is -2.48. The number of nitrogens with two attached hydrogens (primary N) is 1. The molecule has 1 aliphatic heterocycles. The number of hydrogen-bond acceptors (Lipinski definition) is 4. The van der Waals surface area contributed by atoms with E-state index in [1.807, 2.05) is 24.3 Å². The van der Waals surface area contributed by atoms with Crippen LogP contribution in [0.5, 0.6) is 0 Å². The number of hydrogen-bond donors (Lipinski definition) is 1. The molecule has 0 spiro atoms. The van der Waals surface area contributed by atoms with E-state index in [1.165, 1.54) is 17.8 Å². The standard InChI is InChI=1S/C15H9F3N4S/c16-15(17,18)8-5-6-12-10(7-8)20-13(19)22-11-4-2-1-3-9(11)21-14(22)23-12/h1-7H,(H2,19,20). The molecule has 2 aromatic carbocycles. The fourth-order valence-corrected chi connectivity index (χ4v) is 3.40. The Morgan fingerprint density at radius 2 is 1.87 bits per heavy atom. The van der Waals surface area contributed by atoms with Crippen LogP contribution in [0.25, 0.3) is 11.0 Å². The van der Waals surface area contributed by atoms with Gasteiger partial charge in [0.15, 0.2) is 5.16 Å². The fourth-order valence-electron chi connectivity index (χ4n) is 2.43. The Kier molecular flexibility index (Phi) is 2.92. The summed E-state index contributed by atoms with van der Waals surface area (Å²) in [5.74, 6) is 0.0966. The van der Waals surface area contributed by atoms with Gasteiger partial charge in [-0.2, -0.15) is 13.2 Å².